The molecule has 0 spiro atoms. The molecule has 1 aliphatic carbocycles. The third-order valence-corrected chi connectivity index (χ3v) is 6.58. The van der Waals surface area contributed by atoms with E-state index in [1.165, 1.54) is 24.8 Å². The topological polar surface area (TPSA) is 38.8 Å². The van der Waals surface area contributed by atoms with Crippen molar-refractivity contribution in [3.63, 3.8) is 0 Å². The number of ether oxygens (including phenoxy) is 2. The molecule has 0 heterocycles. The lowest BCUT2D eigenvalue weighted by molar-refractivity contribution is 0.0669. The maximum Gasteiger partial charge on any atom is 0.508 e. The first-order valence-corrected chi connectivity index (χ1v) is 15.1. The number of rotatable bonds is 8. The van der Waals surface area contributed by atoms with Gasteiger partial charge in [0.2, 0.25) is 0 Å². The minimum Gasteiger partial charge on any atom is -0.435 e. The Morgan fingerprint density at radius 1 is 1.19 bits per heavy atom. The molecular formula is C26H39NO3Si. The highest BCUT2D eigenvalue weighted by atomic mass is 28.3. The molecule has 1 saturated carbocycles. The average Bonchev–Trinajstić information content (AvgIpc) is 2.74. The number of carbonyl (C=O) groups excluding carboxylic acids is 1. The predicted octanol–water partition coefficient (Wildman–Crippen LogP) is 6.22. The van der Waals surface area contributed by atoms with Crippen LogP contribution in [0.4, 0.5) is 4.79 Å². The summed E-state index contributed by atoms with van der Waals surface area (Å²) in [5, 5.41) is 0. The van der Waals surface area contributed by atoms with Gasteiger partial charge in [-0.15, -0.1) is 5.54 Å². The Bertz CT molecular complexity index is 760. The van der Waals surface area contributed by atoms with Crippen molar-refractivity contribution in [3.05, 3.63) is 48.0 Å². The van der Waals surface area contributed by atoms with Crippen molar-refractivity contribution >= 4 is 14.2 Å². The fourth-order valence-electron chi connectivity index (χ4n) is 4.14. The molecule has 31 heavy (non-hydrogen) atoms. The number of nitrogens with zero attached hydrogens (tertiary/aromatic N) is 1. The third-order valence-electron chi connectivity index (χ3n) is 5.65. The van der Waals surface area contributed by atoms with E-state index in [2.05, 4.69) is 79.3 Å². The summed E-state index contributed by atoms with van der Waals surface area (Å²) in [5.74, 6) is 3.95. The fraction of sp³-hybridized carbons (Fsp3) is 0.577. The largest absolute Gasteiger partial charge is 0.508 e. The number of hydrogen-bond donors (Lipinski definition) is 0. The Morgan fingerprint density at radius 2 is 1.90 bits per heavy atom. The highest BCUT2D eigenvalue weighted by Gasteiger charge is 2.31. The predicted molar refractivity (Wildman–Crippen MR) is 131 cm³/mol. The molecule has 1 aromatic rings. The lowest BCUT2D eigenvalue weighted by Crippen LogP contribution is -2.43. The quantitative estimate of drug-likeness (QED) is 0.208. The maximum absolute atomic E-state index is 11.4. The average molecular weight is 442 g/mol. The van der Waals surface area contributed by atoms with Crippen LogP contribution in [0.1, 0.15) is 51.1 Å². The zero-order chi connectivity index (χ0) is 22.7. The summed E-state index contributed by atoms with van der Waals surface area (Å²) in [6.45, 7) is 12.3. The first kappa shape index (κ1) is 25.2. The molecule has 5 heteroatoms. The Morgan fingerprint density at radius 3 is 2.58 bits per heavy atom. The second-order valence-electron chi connectivity index (χ2n) is 9.25. The van der Waals surface area contributed by atoms with Gasteiger partial charge in [-0.2, -0.15) is 0 Å². The van der Waals surface area contributed by atoms with Crippen LogP contribution < -0.4 is 0 Å². The summed E-state index contributed by atoms with van der Waals surface area (Å²) in [7, 11) is -1.41. The molecule has 4 nitrogen and oxygen atoms in total. The van der Waals surface area contributed by atoms with E-state index in [4.69, 9.17) is 9.47 Å². The molecule has 0 aliphatic heterocycles. The highest BCUT2D eigenvalue weighted by molar-refractivity contribution is 6.83. The van der Waals surface area contributed by atoms with Crippen molar-refractivity contribution in [2.75, 3.05) is 19.8 Å². The monoisotopic (exact) mass is 441 g/mol. The molecule has 170 valence electrons. The summed E-state index contributed by atoms with van der Waals surface area (Å²) >= 11 is 0. The van der Waals surface area contributed by atoms with Gasteiger partial charge in [0.15, 0.2) is 0 Å². The molecular weight excluding hydrogens is 402 g/mol. The molecule has 1 aliphatic rings. The number of carbonyl (C=O) groups is 1. The first-order valence-electron chi connectivity index (χ1n) is 11.6. The molecule has 0 saturated heterocycles. The van der Waals surface area contributed by atoms with Crippen LogP contribution in [-0.2, 0) is 9.47 Å². The summed E-state index contributed by atoms with van der Waals surface area (Å²) in [6.07, 6.45) is 8.40. The lowest BCUT2D eigenvalue weighted by atomic mass is 9.82. The minimum absolute atomic E-state index is 0.256. The van der Waals surface area contributed by atoms with Crippen LogP contribution in [0.3, 0.4) is 0 Å². The molecule has 1 aromatic carbocycles. The van der Waals surface area contributed by atoms with E-state index in [0.717, 1.165) is 13.0 Å². The zero-order valence-corrected chi connectivity index (χ0v) is 20.9. The molecule has 1 fully saturated rings. The Labute approximate surface area is 190 Å². The zero-order valence-electron chi connectivity index (χ0n) is 19.9. The summed E-state index contributed by atoms with van der Waals surface area (Å²) in [6, 6.07) is 11.5. The van der Waals surface area contributed by atoms with Crippen molar-refractivity contribution in [1.29, 1.82) is 0 Å². The summed E-state index contributed by atoms with van der Waals surface area (Å²) in [4.78, 5) is 14.0. The van der Waals surface area contributed by atoms with E-state index in [0.29, 0.717) is 24.6 Å². The van der Waals surface area contributed by atoms with E-state index < -0.39 is 14.2 Å². The molecule has 0 bridgehead atoms. The first-order chi connectivity index (χ1) is 14.8. The van der Waals surface area contributed by atoms with Crippen LogP contribution in [0.2, 0.25) is 19.6 Å². The second-order valence-corrected chi connectivity index (χ2v) is 14.0. The van der Waals surface area contributed by atoms with E-state index in [1.807, 2.05) is 6.08 Å². The van der Waals surface area contributed by atoms with Gasteiger partial charge in [0.05, 0.1) is 13.2 Å². The SMILES string of the molecule is CCOC(=O)OC/C=C/[C@H]1CCCC[C@H]1N(CC#C[Si](C)(C)C)[C@H](C)c1ccccc1. The molecule has 0 N–H and O–H groups in total. The van der Waals surface area contributed by atoms with Gasteiger partial charge in [-0.05, 0) is 38.2 Å². The molecule has 0 amide bonds. The van der Waals surface area contributed by atoms with Crippen LogP contribution in [0, 0.1) is 17.4 Å². The number of benzene rings is 1. The van der Waals surface area contributed by atoms with Crippen LogP contribution >= 0.6 is 0 Å². The third kappa shape index (κ3) is 8.92. The summed E-state index contributed by atoms with van der Waals surface area (Å²) in [5.41, 5.74) is 4.88. The van der Waals surface area contributed by atoms with Crippen molar-refractivity contribution in [2.45, 2.75) is 71.3 Å². The number of hydrogen-bond acceptors (Lipinski definition) is 4. The van der Waals surface area contributed by atoms with Crippen molar-refractivity contribution in [1.82, 2.24) is 4.90 Å². The fourth-order valence-corrected chi connectivity index (χ4v) is 4.75. The van der Waals surface area contributed by atoms with Gasteiger partial charge in [0.25, 0.3) is 0 Å². The van der Waals surface area contributed by atoms with Crippen LogP contribution in [0.5, 0.6) is 0 Å². The molecule has 0 aromatic heterocycles. The van der Waals surface area contributed by atoms with E-state index in [1.54, 1.807) is 6.92 Å². The Kier molecular flexibility index (Phi) is 10.4. The summed E-state index contributed by atoms with van der Waals surface area (Å²) < 4.78 is 9.94. The van der Waals surface area contributed by atoms with Gasteiger partial charge in [-0.3, -0.25) is 4.90 Å². The van der Waals surface area contributed by atoms with Gasteiger partial charge in [-0.25, -0.2) is 4.79 Å². The van der Waals surface area contributed by atoms with Gasteiger partial charge in [0.1, 0.15) is 14.7 Å². The van der Waals surface area contributed by atoms with E-state index in [9.17, 15) is 4.79 Å². The highest BCUT2D eigenvalue weighted by Crippen LogP contribution is 2.34. The van der Waals surface area contributed by atoms with Crippen molar-refractivity contribution in [2.24, 2.45) is 5.92 Å². The second kappa shape index (κ2) is 12.7. The van der Waals surface area contributed by atoms with Gasteiger partial charge < -0.3 is 9.47 Å². The molecule has 0 radical (unpaired) electrons. The molecule has 3 atom stereocenters. The van der Waals surface area contributed by atoms with E-state index >= 15 is 0 Å². The smallest absolute Gasteiger partial charge is 0.435 e. The normalized spacial score (nSPS) is 20.2. The van der Waals surface area contributed by atoms with Gasteiger partial charge in [-0.1, -0.05) is 80.9 Å². The Hall–Kier alpha value is -2.03. The van der Waals surface area contributed by atoms with Gasteiger partial charge in [0, 0.05) is 12.1 Å². The maximum atomic E-state index is 11.4. The molecule has 0 unspecified atom stereocenters. The standard InChI is InChI=1S/C26H39NO3Si/c1-6-29-26(28)30-20-12-17-24-16-10-11-18-25(24)27(19-13-21-31(3,4)5)22(2)23-14-8-7-9-15-23/h7-9,12,14-15,17,22,24-25H,6,10-11,16,18-20H2,1-5H3/b17-12+/t22-,24-,25-/m1/s1. The van der Waals surface area contributed by atoms with Crippen LogP contribution in [0.25, 0.3) is 0 Å². The molecule has 2 rings (SSSR count). The van der Waals surface area contributed by atoms with Crippen molar-refractivity contribution in [3.8, 4) is 11.5 Å². The Balaban J connectivity index is 2.17. The van der Waals surface area contributed by atoms with Crippen molar-refractivity contribution < 1.29 is 14.3 Å². The van der Waals surface area contributed by atoms with Gasteiger partial charge >= 0.3 is 6.16 Å². The van der Waals surface area contributed by atoms with Crippen LogP contribution in [0.15, 0.2) is 42.5 Å². The van der Waals surface area contributed by atoms with E-state index in [-0.39, 0.29) is 6.61 Å². The lowest BCUT2D eigenvalue weighted by Gasteiger charge is -2.41. The van der Waals surface area contributed by atoms with Crippen LogP contribution in [-0.4, -0.2) is 44.9 Å². The minimum atomic E-state index is -1.41.